The van der Waals surface area contributed by atoms with Crippen LogP contribution in [-0.2, 0) is 19.2 Å². The lowest BCUT2D eigenvalue weighted by molar-refractivity contribution is -0.123. The number of aromatic hydroxyl groups is 1. The van der Waals surface area contributed by atoms with E-state index in [9.17, 15) is 24.3 Å². The number of halogens is 1. The lowest BCUT2D eigenvalue weighted by atomic mass is 9.59. The maximum Gasteiger partial charge on any atom is 0.238 e. The number of ketones is 2. The summed E-state index contributed by atoms with van der Waals surface area (Å²) in [5.41, 5.74) is 2.55. The van der Waals surface area contributed by atoms with E-state index in [0.29, 0.717) is 28.8 Å². The summed E-state index contributed by atoms with van der Waals surface area (Å²) >= 11 is 3.22. The Balaban J connectivity index is 1.51. The van der Waals surface area contributed by atoms with Gasteiger partial charge >= 0.3 is 0 Å². The Labute approximate surface area is 209 Å². The number of phenols is 1. The van der Waals surface area contributed by atoms with Crippen LogP contribution in [0.4, 0.5) is 5.69 Å². The van der Waals surface area contributed by atoms with Gasteiger partial charge in [0.25, 0.3) is 0 Å². The molecule has 6 nitrogen and oxygen atoms in total. The highest BCUT2D eigenvalue weighted by molar-refractivity contribution is 9.12. The Morgan fingerprint density at radius 2 is 1.60 bits per heavy atom. The van der Waals surface area contributed by atoms with Crippen molar-refractivity contribution in [1.29, 1.82) is 0 Å². The van der Waals surface area contributed by atoms with Crippen molar-refractivity contribution in [2.75, 3.05) is 4.90 Å². The zero-order valence-corrected chi connectivity index (χ0v) is 20.1. The monoisotopic (exact) mass is 529 g/mol. The number of nitrogens with zero attached hydrogens (tertiary/aromatic N) is 1. The van der Waals surface area contributed by atoms with Crippen molar-refractivity contribution in [2.24, 2.45) is 17.8 Å². The molecule has 0 aromatic heterocycles. The molecule has 4 unspecified atom stereocenters. The molecule has 1 heterocycles. The maximum absolute atomic E-state index is 13.7. The van der Waals surface area contributed by atoms with E-state index in [2.05, 4.69) is 15.9 Å². The quantitative estimate of drug-likeness (QED) is 0.354. The van der Waals surface area contributed by atoms with Crippen LogP contribution >= 0.6 is 15.9 Å². The number of benzene rings is 2. The molecule has 1 aliphatic heterocycles. The summed E-state index contributed by atoms with van der Waals surface area (Å²) in [5, 5.41) is 10.7. The number of anilines is 1. The molecule has 1 saturated heterocycles. The van der Waals surface area contributed by atoms with Gasteiger partial charge in [-0.3, -0.25) is 24.1 Å². The zero-order valence-electron chi connectivity index (χ0n) is 18.5. The van der Waals surface area contributed by atoms with Crippen molar-refractivity contribution in [2.45, 2.75) is 18.8 Å². The number of amides is 2. The van der Waals surface area contributed by atoms with Crippen molar-refractivity contribution in [1.82, 2.24) is 0 Å². The average molecular weight is 530 g/mol. The number of para-hydroxylation sites is 2. The van der Waals surface area contributed by atoms with E-state index >= 15 is 0 Å². The molecule has 1 fully saturated rings. The lowest BCUT2D eigenvalue weighted by Gasteiger charge is -2.42. The molecule has 0 radical (unpaired) electrons. The number of rotatable bonds is 2. The van der Waals surface area contributed by atoms with E-state index in [1.807, 2.05) is 12.1 Å². The summed E-state index contributed by atoms with van der Waals surface area (Å²) in [5.74, 6) is -3.36. The van der Waals surface area contributed by atoms with Crippen LogP contribution in [0, 0.1) is 17.8 Å². The lowest BCUT2D eigenvalue weighted by Crippen LogP contribution is -2.39. The van der Waals surface area contributed by atoms with Crippen molar-refractivity contribution in [3.8, 4) is 5.75 Å². The minimum atomic E-state index is -0.659. The summed E-state index contributed by atoms with van der Waals surface area (Å²) < 4.78 is 0.178. The largest absolute Gasteiger partial charge is 0.508 e. The molecule has 174 valence electrons. The summed E-state index contributed by atoms with van der Waals surface area (Å²) in [7, 11) is 0. The fourth-order valence-electron chi connectivity index (χ4n) is 6.13. The number of fused-ring (bicyclic) bond motifs is 3. The van der Waals surface area contributed by atoms with Gasteiger partial charge in [0.05, 0.1) is 22.0 Å². The number of allylic oxidation sites excluding steroid dienone is 6. The van der Waals surface area contributed by atoms with Crippen LogP contribution in [0.15, 0.2) is 88.0 Å². The van der Waals surface area contributed by atoms with Gasteiger partial charge in [-0.05, 0) is 52.9 Å². The van der Waals surface area contributed by atoms with Gasteiger partial charge in [0.15, 0.2) is 11.6 Å². The third-order valence-corrected chi connectivity index (χ3v) is 8.18. The Morgan fingerprint density at radius 1 is 0.886 bits per heavy atom. The fourth-order valence-corrected chi connectivity index (χ4v) is 6.57. The van der Waals surface area contributed by atoms with Crippen LogP contribution in [0.3, 0.4) is 0 Å². The topological polar surface area (TPSA) is 91.8 Å². The molecule has 4 aliphatic rings. The first-order valence-corrected chi connectivity index (χ1v) is 12.3. The first kappa shape index (κ1) is 21.9. The Kier molecular flexibility index (Phi) is 5.00. The highest BCUT2D eigenvalue weighted by Crippen LogP contribution is 2.56. The molecule has 2 amide bonds. The molecule has 35 heavy (non-hydrogen) atoms. The summed E-state index contributed by atoms with van der Waals surface area (Å²) in [6.45, 7) is 0. The third kappa shape index (κ3) is 3.14. The van der Waals surface area contributed by atoms with Crippen LogP contribution in [0.25, 0.3) is 0 Å². The first-order chi connectivity index (χ1) is 16.9. The Morgan fingerprint density at radius 3 is 2.34 bits per heavy atom. The van der Waals surface area contributed by atoms with Gasteiger partial charge in [0.1, 0.15) is 5.75 Å². The highest BCUT2D eigenvalue weighted by atomic mass is 79.9. The predicted molar refractivity (Wildman–Crippen MR) is 132 cm³/mol. The van der Waals surface area contributed by atoms with Crippen LogP contribution in [0.1, 0.15) is 24.3 Å². The second-order valence-electron chi connectivity index (χ2n) is 9.30. The molecule has 3 aliphatic carbocycles. The number of hydrogen-bond donors (Lipinski definition) is 1. The third-order valence-electron chi connectivity index (χ3n) is 7.59. The minimum Gasteiger partial charge on any atom is -0.508 e. The smallest absolute Gasteiger partial charge is 0.238 e. The highest BCUT2D eigenvalue weighted by Gasteiger charge is 2.56. The van der Waals surface area contributed by atoms with Crippen LogP contribution in [0.2, 0.25) is 0 Å². The fraction of sp³-hybridized carbons (Fsp3) is 0.214. The minimum absolute atomic E-state index is 0.0154. The van der Waals surface area contributed by atoms with Crippen LogP contribution in [0.5, 0.6) is 5.75 Å². The normalized spacial score (nSPS) is 27.9. The van der Waals surface area contributed by atoms with E-state index in [1.165, 1.54) is 11.0 Å². The molecule has 0 bridgehead atoms. The van der Waals surface area contributed by atoms with E-state index in [1.54, 1.807) is 48.5 Å². The van der Waals surface area contributed by atoms with Crippen LogP contribution in [-0.4, -0.2) is 28.5 Å². The maximum atomic E-state index is 13.7. The summed E-state index contributed by atoms with van der Waals surface area (Å²) in [4.78, 5) is 54.7. The van der Waals surface area contributed by atoms with Gasteiger partial charge in [0, 0.05) is 28.7 Å². The number of carbonyl (C=O) groups excluding carboxylic acids is 4. The van der Waals surface area contributed by atoms with E-state index in [4.69, 9.17) is 0 Å². The second-order valence-corrected chi connectivity index (χ2v) is 10.2. The Hall–Kier alpha value is -3.58. The molecular formula is C28H20BrNO5. The Bertz CT molecular complexity index is 1420. The van der Waals surface area contributed by atoms with Gasteiger partial charge in [-0.15, -0.1) is 0 Å². The number of imide groups is 1. The summed E-state index contributed by atoms with van der Waals surface area (Å²) in [6, 6.07) is 15.6. The molecule has 0 saturated carbocycles. The van der Waals surface area contributed by atoms with Gasteiger partial charge in [-0.1, -0.05) is 48.0 Å². The van der Waals surface area contributed by atoms with Crippen molar-refractivity contribution in [3.63, 3.8) is 0 Å². The molecule has 6 rings (SSSR count). The predicted octanol–water partition coefficient (Wildman–Crippen LogP) is 4.36. The number of phenolic OH excluding ortho intramolecular Hbond substituents is 1. The number of Topliss-reactive ketones (excluding diaryl/α,β-unsaturated/α-hetero) is 1. The van der Waals surface area contributed by atoms with Crippen LogP contribution < -0.4 is 4.90 Å². The van der Waals surface area contributed by atoms with Gasteiger partial charge in [-0.2, -0.15) is 0 Å². The van der Waals surface area contributed by atoms with Crippen molar-refractivity contribution in [3.05, 3.63) is 93.5 Å². The molecule has 1 N–H and O–H groups in total. The summed E-state index contributed by atoms with van der Waals surface area (Å²) in [6.07, 6.45) is 3.78. The number of hydrogen-bond acceptors (Lipinski definition) is 5. The molecule has 0 spiro atoms. The standard InChI is InChI=1S/C28H20BrNO5/c29-20-13-22(32)25-19(26(20)33)12-18-15(23(25)16-8-4-5-9-21(16)31)10-11-17-24(18)28(35)30(27(17)34)14-6-2-1-3-7-14/h1-10,13,17-18,23-24,31H,11-12H2. The molecular weight excluding hydrogens is 510 g/mol. The van der Waals surface area contributed by atoms with Gasteiger partial charge in [-0.25, -0.2) is 0 Å². The molecule has 2 aromatic carbocycles. The SMILES string of the molecule is O=C1C=C(Br)C(=O)C2=C1C(c1ccccc1O)C1=CCC3C(=O)N(c4ccccc4)C(=O)C3C1C2. The van der Waals surface area contributed by atoms with Crippen molar-refractivity contribution < 1.29 is 24.3 Å². The average Bonchev–Trinajstić information content (AvgIpc) is 3.12. The second kappa shape index (κ2) is 7.99. The van der Waals surface area contributed by atoms with E-state index in [0.717, 1.165) is 5.57 Å². The number of carbonyl (C=O) groups is 4. The van der Waals surface area contributed by atoms with Gasteiger partial charge < -0.3 is 5.11 Å². The molecule has 7 heteroatoms. The zero-order chi connectivity index (χ0) is 24.4. The van der Waals surface area contributed by atoms with Crippen molar-refractivity contribution >= 4 is 45.0 Å². The van der Waals surface area contributed by atoms with E-state index < -0.39 is 23.7 Å². The molecule has 4 atom stereocenters. The molecule has 2 aromatic rings. The van der Waals surface area contributed by atoms with E-state index in [-0.39, 0.29) is 40.0 Å². The first-order valence-electron chi connectivity index (χ1n) is 11.5. The van der Waals surface area contributed by atoms with Gasteiger partial charge in [0.2, 0.25) is 11.8 Å².